The number of hydrogen-bond acceptors (Lipinski definition) is 5. The number of ether oxygens (including phenoxy) is 1. The summed E-state index contributed by atoms with van der Waals surface area (Å²) in [6, 6.07) is 0.278. The predicted molar refractivity (Wildman–Crippen MR) is 66.3 cm³/mol. The molecule has 1 saturated heterocycles. The SMILES string of the molecule is COCC(C(=O)NN)N1CCN(C(C)C)CC1. The van der Waals surface area contributed by atoms with E-state index < -0.39 is 0 Å². The van der Waals surface area contributed by atoms with E-state index in [0.717, 1.165) is 26.2 Å². The molecule has 0 bridgehead atoms. The Balaban J connectivity index is 2.51. The van der Waals surface area contributed by atoms with E-state index in [1.54, 1.807) is 7.11 Å². The first-order valence-corrected chi connectivity index (χ1v) is 6.07. The van der Waals surface area contributed by atoms with Crippen molar-refractivity contribution < 1.29 is 9.53 Å². The van der Waals surface area contributed by atoms with E-state index in [0.29, 0.717) is 12.6 Å². The highest BCUT2D eigenvalue weighted by Crippen LogP contribution is 2.09. The molecule has 1 amide bonds. The molecule has 17 heavy (non-hydrogen) atoms. The second kappa shape index (κ2) is 6.90. The summed E-state index contributed by atoms with van der Waals surface area (Å²) in [4.78, 5) is 16.2. The van der Waals surface area contributed by atoms with E-state index in [1.165, 1.54) is 0 Å². The molecule has 1 atom stereocenters. The van der Waals surface area contributed by atoms with E-state index in [9.17, 15) is 4.79 Å². The fourth-order valence-corrected chi connectivity index (χ4v) is 2.17. The van der Waals surface area contributed by atoms with Gasteiger partial charge in [-0.05, 0) is 13.8 Å². The van der Waals surface area contributed by atoms with Gasteiger partial charge in [0, 0.05) is 39.3 Å². The van der Waals surface area contributed by atoms with Crippen LogP contribution in [0.4, 0.5) is 0 Å². The number of hydrogen-bond donors (Lipinski definition) is 2. The molecule has 3 N–H and O–H groups in total. The second-order valence-corrected chi connectivity index (χ2v) is 4.65. The zero-order chi connectivity index (χ0) is 12.8. The molecule has 1 unspecified atom stereocenters. The topological polar surface area (TPSA) is 70.8 Å². The number of nitrogens with zero attached hydrogens (tertiary/aromatic N) is 2. The number of nitrogens with one attached hydrogen (secondary N) is 1. The first kappa shape index (κ1) is 14.4. The van der Waals surface area contributed by atoms with Gasteiger partial charge in [-0.1, -0.05) is 0 Å². The summed E-state index contributed by atoms with van der Waals surface area (Å²) in [7, 11) is 1.60. The number of methoxy groups -OCH3 is 1. The second-order valence-electron chi connectivity index (χ2n) is 4.65. The molecular weight excluding hydrogens is 220 g/mol. The van der Waals surface area contributed by atoms with Crippen LogP contribution in [0.2, 0.25) is 0 Å². The number of hydrazine groups is 1. The van der Waals surface area contributed by atoms with Gasteiger partial charge in [-0.15, -0.1) is 0 Å². The molecule has 0 spiro atoms. The lowest BCUT2D eigenvalue weighted by Gasteiger charge is -2.39. The first-order valence-electron chi connectivity index (χ1n) is 6.07. The predicted octanol–water partition coefficient (Wildman–Crippen LogP) is -0.983. The molecule has 1 fully saturated rings. The quantitative estimate of drug-likeness (QED) is 0.369. The summed E-state index contributed by atoms with van der Waals surface area (Å²) >= 11 is 0. The smallest absolute Gasteiger partial charge is 0.253 e. The summed E-state index contributed by atoms with van der Waals surface area (Å²) < 4.78 is 5.08. The standard InChI is InChI=1S/C11H24N4O2/c1-9(2)14-4-6-15(7-5-14)10(8-17-3)11(16)13-12/h9-10H,4-8,12H2,1-3H3,(H,13,16). The summed E-state index contributed by atoms with van der Waals surface area (Å²) in [5.41, 5.74) is 2.21. The van der Waals surface area contributed by atoms with Gasteiger partial charge in [-0.3, -0.25) is 20.0 Å². The van der Waals surface area contributed by atoms with Crippen molar-refractivity contribution in [3.8, 4) is 0 Å². The lowest BCUT2D eigenvalue weighted by molar-refractivity contribution is -0.129. The van der Waals surface area contributed by atoms with Crippen molar-refractivity contribution in [2.45, 2.75) is 25.9 Å². The van der Waals surface area contributed by atoms with Crippen molar-refractivity contribution in [1.82, 2.24) is 15.2 Å². The number of amides is 1. The molecule has 0 aromatic rings. The van der Waals surface area contributed by atoms with Crippen molar-refractivity contribution in [1.29, 1.82) is 0 Å². The largest absolute Gasteiger partial charge is 0.383 e. The van der Waals surface area contributed by atoms with E-state index in [1.807, 2.05) is 0 Å². The molecule has 1 rings (SSSR count). The number of carbonyl (C=O) groups is 1. The highest BCUT2D eigenvalue weighted by Gasteiger charge is 2.29. The van der Waals surface area contributed by atoms with E-state index in [4.69, 9.17) is 10.6 Å². The number of rotatable bonds is 5. The Bertz CT molecular complexity index is 240. The Kier molecular flexibility index (Phi) is 5.84. The molecule has 0 saturated carbocycles. The lowest BCUT2D eigenvalue weighted by Crippen LogP contribution is -2.58. The normalized spacial score (nSPS) is 20.5. The maximum atomic E-state index is 11.6. The van der Waals surface area contributed by atoms with Gasteiger partial charge in [0.25, 0.3) is 5.91 Å². The van der Waals surface area contributed by atoms with Gasteiger partial charge in [-0.25, -0.2) is 5.84 Å². The summed E-state index contributed by atoms with van der Waals surface area (Å²) in [5.74, 6) is 5.02. The average Bonchev–Trinajstić information content (AvgIpc) is 2.35. The van der Waals surface area contributed by atoms with Crippen LogP contribution in [0.1, 0.15) is 13.8 Å². The average molecular weight is 244 g/mol. The fourth-order valence-electron chi connectivity index (χ4n) is 2.17. The zero-order valence-electron chi connectivity index (χ0n) is 11.0. The van der Waals surface area contributed by atoms with Gasteiger partial charge in [0.2, 0.25) is 0 Å². The maximum Gasteiger partial charge on any atom is 0.253 e. The third kappa shape index (κ3) is 3.92. The van der Waals surface area contributed by atoms with Gasteiger partial charge in [0.15, 0.2) is 0 Å². The molecule has 1 heterocycles. The van der Waals surface area contributed by atoms with Crippen LogP contribution in [0.3, 0.4) is 0 Å². The van der Waals surface area contributed by atoms with Gasteiger partial charge >= 0.3 is 0 Å². The number of carbonyl (C=O) groups excluding carboxylic acids is 1. The van der Waals surface area contributed by atoms with E-state index in [2.05, 4.69) is 29.1 Å². The summed E-state index contributed by atoms with van der Waals surface area (Å²) in [6.45, 7) is 8.47. The molecule has 1 aliphatic heterocycles. The number of piperazine rings is 1. The summed E-state index contributed by atoms with van der Waals surface area (Å²) in [5, 5.41) is 0. The molecule has 0 aromatic carbocycles. The van der Waals surface area contributed by atoms with Crippen LogP contribution in [0.5, 0.6) is 0 Å². The van der Waals surface area contributed by atoms with Crippen molar-refractivity contribution in [2.75, 3.05) is 39.9 Å². The molecule has 6 heteroatoms. The van der Waals surface area contributed by atoms with Crippen LogP contribution < -0.4 is 11.3 Å². The van der Waals surface area contributed by atoms with Gasteiger partial charge in [0.1, 0.15) is 6.04 Å². The van der Waals surface area contributed by atoms with Crippen LogP contribution in [-0.2, 0) is 9.53 Å². The Morgan fingerprint density at radius 1 is 1.29 bits per heavy atom. The first-order chi connectivity index (χ1) is 8.10. The van der Waals surface area contributed by atoms with Gasteiger partial charge in [0.05, 0.1) is 6.61 Å². The van der Waals surface area contributed by atoms with Crippen LogP contribution in [0, 0.1) is 0 Å². The minimum absolute atomic E-state index is 0.176. The Labute approximate surface area is 103 Å². The highest BCUT2D eigenvalue weighted by atomic mass is 16.5. The molecule has 100 valence electrons. The molecule has 0 aromatic heterocycles. The van der Waals surface area contributed by atoms with Crippen LogP contribution in [0.15, 0.2) is 0 Å². The van der Waals surface area contributed by atoms with Crippen LogP contribution >= 0.6 is 0 Å². The minimum atomic E-state index is -0.278. The monoisotopic (exact) mass is 244 g/mol. The zero-order valence-corrected chi connectivity index (χ0v) is 11.0. The minimum Gasteiger partial charge on any atom is -0.383 e. The molecule has 0 aliphatic carbocycles. The van der Waals surface area contributed by atoms with Crippen molar-refractivity contribution in [2.24, 2.45) is 5.84 Å². The molecule has 6 nitrogen and oxygen atoms in total. The van der Waals surface area contributed by atoms with Crippen molar-refractivity contribution in [3.05, 3.63) is 0 Å². The van der Waals surface area contributed by atoms with Gasteiger partial charge < -0.3 is 4.74 Å². The maximum absolute atomic E-state index is 11.6. The molecule has 0 radical (unpaired) electrons. The number of nitrogens with two attached hydrogens (primary N) is 1. The van der Waals surface area contributed by atoms with Crippen LogP contribution in [-0.4, -0.2) is 67.7 Å². The Hall–Kier alpha value is -0.690. The summed E-state index contributed by atoms with van der Waals surface area (Å²) in [6.07, 6.45) is 0. The van der Waals surface area contributed by atoms with Gasteiger partial charge in [-0.2, -0.15) is 0 Å². The Morgan fingerprint density at radius 2 is 1.82 bits per heavy atom. The third-order valence-corrected chi connectivity index (χ3v) is 3.29. The fraction of sp³-hybridized carbons (Fsp3) is 0.909. The molecular formula is C11H24N4O2. The third-order valence-electron chi connectivity index (χ3n) is 3.29. The van der Waals surface area contributed by atoms with E-state index in [-0.39, 0.29) is 11.9 Å². The van der Waals surface area contributed by atoms with E-state index >= 15 is 0 Å². The molecule has 1 aliphatic rings. The lowest BCUT2D eigenvalue weighted by atomic mass is 10.2. The van der Waals surface area contributed by atoms with Crippen molar-refractivity contribution >= 4 is 5.91 Å². The highest BCUT2D eigenvalue weighted by molar-refractivity contribution is 5.81. The van der Waals surface area contributed by atoms with Crippen LogP contribution in [0.25, 0.3) is 0 Å². The Morgan fingerprint density at radius 3 is 2.24 bits per heavy atom. The van der Waals surface area contributed by atoms with Crippen molar-refractivity contribution in [3.63, 3.8) is 0 Å².